The number of piperidine rings is 1. The summed E-state index contributed by atoms with van der Waals surface area (Å²) in [6.45, 7) is 3.98. The summed E-state index contributed by atoms with van der Waals surface area (Å²) in [5.41, 5.74) is 0.132. The maximum absolute atomic E-state index is 12.9. The Bertz CT molecular complexity index is 721. The summed E-state index contributed by atoms with van der Waals surface area (Å²) in [5, 5.41) is 10.0. The number of carbonyl (C=O) groups excluding carboxylic acids is 2. The van der Waals surface area contributed by atoms with Crippen LogP contribution in [0.2, 0.25) is 0 Å². The lowest BCUT2D eigenvalue weighted by Gasteiger charge is -2.43. The predicted octanol–water partition coefficient (Wildman–Crippen LogP) is 0.718. The molecule has 0 radical (unpaired) electrons. The Morgan fingerprint density at radius 1 is 1.24 bits per heavy atom. The SMILES string of the molecule is CC(=O)N1C[C@@H]2CCN(C(=O)c3ccc4c(c3)OCO4)C[C@]2(CO)C1. The summed E-state index contributed by atoms with van der Waals surface area (Å²) >= 11 is 0. The zero-order chi connectivity index (χ0) is 17.6. The topological polar surface area (TPSA) is 79.3 Å². The van der Waals surface area contributed by atoms with Crippen LogP contribution in [-0.2, 0) is 4.79 Å². The van der Waals surface area contributed by atoms with Gasteiger partial charge in [0, 0.05) is 44.1 Å². The largest absolute Gasteiger partial charge is 0.454 e. The predicted molar refractivity (Wildman–Crippen MR) is 88.3 cm³/mol. The molecule has 3 aliphatic rings. The molecule has 2 fully saturated rings. The molecule has 0 aromatic heterocycles. The van der Waals surface area contributed by atoms with Gasteiger partial charge in [0.1, 0.15) is 0 Å². The Morgan fingerprint density at radius 2 is 2.00 bits per heavy atom. The highest BCUT2D eigenvalue weighted by Crippen LogP contribution is 2.42. The van der Waals surface area contributed by atoms with Crippen LogP contribution in [0.3, 0.4) is 0 Å². The Kier molecular flexibility index (Phi) is 3.83. The number of aliphatic hydroxyl groups excluding tert-OH is 1. The lowest BCUT2D eigenvalue weighted by atomic mass is 9.74. The zero-order valence-corrected chi connectivity index (χ0v) is 14.2. The van der Waals surface area contributed by atoms with Crippen molar-refractivity contribution in [1.29, 1.82) is 0 Å². The fourth-order valence-corrected chi connectivity index (χ4v) is 4.24. The molecule has 7 nitrogen and oxygen atoms in total. The third-order valence-electron chi connectivity index (χ3n) is 5.73. The van der Waals surface area contributed by atoms with Crippen molar-refractivity contribution >= 4 is 11.8 Å². The fraction of sp³-hybridized carbons (Fsp3) is 0.556. The van der Waals surface area contributed by atoms with E-state index in [-0.39, 0.29) is 31.1 Å². The average Bonchev–Trinajstić information content (AvgIpc) is 3.24. The second-order valence-electron chi connectivity index (χ2n) is 7.20. The summed E-state index contributed by atoms with van der Waals surface area (Å²) in [6, 6.07) is 5.19. The first kappa shape index (κ1) is 16.2. The van der Waals surface area contributed by atoms with Gasteiger partial charge in [0.25, 0.3) is 5.91 Å². The molecule has 4 rings (SSSR count). The number of fused-ring (bicyclic) bond motifs is 2. The van der Waals surface area contributed by atoms with Crippen molar-refractivity contribution < 1.29 is 24.2 Å². The van der Waals surface area contributed by atoms with Gasteiger partial charge in [-0.15, -0.1) is 0 Å². The number of rotatable bonds is 2. The lowest BCUT2D eigenvalue weighted by Crippen LogP contribution is -2.52. The monoisotopic (exact) mass is 346 g/mol. The zero-order valence-electron chi connectivity index (χ0n) is 14.2. The van der Waals surface area contributed by atoms with Gasteiger partial charge in [0.15, 0.2) is 11.5 Å². The molecule has 3 aliphatic heterocycles. The van der Waals surface area contributed by atoms with Gasteiger partial charge in [-0.25, -0.2) is 0 Å². The molecule has 0 aliphatic carbocycles. The quantitative estimate of drug-likeness (QED) is 0.854. The van der Waals surface area contributed by atoms with Gasteiger partial charge in [0.2, 0.25) is 12.7 Å². The van der Waals surface area contributed by atoms with E-state index in [1.807, 2.05) is 0 Å². The second kappa shape index (κ2) is 5.91. The van der Waals surface area contributed by atoms with Gasteiger partial charge in [-0.3, -0.25) is 9.59 Å². The molecule has 7 heteroatoms. The molecule has 0 spiro atoms. The first-order valence-electron chi connectivity index (χ1n) is 8.58. The minimum atomic E-state index is -0.421. The number of carbonyl (C=O) groups is 2. The first-order chi connectivity index (χ1) is 12.0. The van der Waals surface area contributed by atoms with Crippen LogP contribution in [0.15, 0.2) is 18.2 Å². The molecular weight excluding hydrogens is 324 g/mol. The van der Waals surface area contributed by atoms with Gasteiger partial charge >= 0.3 is 0 Å². The van der Waals surface area contributed by atoms with E-state index < -0.39 is 5.41 Å². The molecule has 1 aromatic rings. The van der Waals surface area contributed by atoms with Crippen LogP contribution in [0, 0.1) is 11.3 Å². The van der Waals surface area contributed by atoms with E-state index >= 15 is 0 Å². The third kappa shape index (κ3) is 2.63. The van der Waals surface area contributed by atoms with E-state index in [4.69, 9.17) is 9.47 Å². The van der Waals surface area contributed by atoms with Crippen molar-refractivity contribution in [1.82, 2.24) is 9.80 Å². The molecule has 0 unspecified atom stereocenters. The standard InChI is InChI=1S/C18H22N2O5/c1-12(22)20-7-14-4-5-19(8-18(14,9-20)10-21)17(23)13-2-3-15-16(6-13)25-11-24-15/h2-3,6,14,21H,4-5,7-11H2,1H3/t14-,18+/m0/s1. The van der Waals surface area contributed by atoms with Gasteiger partial charge in [0.05, 0.1) is 6.61 Å². The second-order valence-corrected chi connectivity index (χ2v) is 7.20. The average molecular weight is 346 g/mol. The minimum absolute atomic E-state index is 0.0215. The number of amides is 2. The number of likely N-dealkylation sites (tertiary alicyclic amines) is 2. The van der Waals surface area contributed by atoms with Gasteiger partial charge < -0.3 is 24.4 Å². The Labute approximate surface area is 146 Å². The van der Waals surface area contributed by atoms with Crippen LogP contribution in [0.4, 0.5) is 0 Å². The van der Waals surface area contributed by atoms with E-state index in [9.17, 15) is 14.7 Å². The molecule has 2 atom stereocenters. The third-order valence-corrected chi connectivity index (χ3v) is 5.73. The highest BCUT2D eigenvalue weighted by atomic mass is 16.7. The van der Waals surface area contributed by atoms with Crippen molar-refractivity contribution in [3.8, 4) is 11.5 Å². The number of ether oxygens (including phenoxy) is 2. The lowest BCUT2D eigenvalue weighted by molar-refractivity contribution is -0.128. The van der Waals surface area contributed by atoms with Gasteiger partial charge in [-0.1, -0.05) is 0 Å². The van der Waals surface area contributed by atoms with E-state index in [0.29, 0.717) is 43.2 Å². The highest BCUT2D eigenvalue weighted by Gasteiger charge is 2.50. The van der Waals surface area contributed by atoms with E-state index in [1.165, 1.54) is 0 Å². The van der Waals surface area contributed by atoms with Crippen LogP contribution < -0.4 is 9.47 Å². The summed E-state index contributed by atoms with van der Waals surface area (Å²) in [7, 11) is 0. The summed E-state index contributed by atoms with van der Waals surface area (Å²) in [5.74, 6) is 1.42. The summed E-state index contributed by atoms with van der Waals surface area (Å²) < 4.78 is 10.6. The van der Waals surface area contributed by atoms with Crippen molar-refractivity contribution in [3.05, 3.63) is 23.8 Å². The first-order valence-corrected chi connectivity index (χ1v) is 8.58. The van der Waals surface area contributed by atoms with Crippen LogP contribution in [0.25, 0.3) is 0 Å². The van der Waals surface area contributed by atoms with Gasteiger partial charge in [-0.2, -0.15) is 0 Å². The Balaban J connectivity index is 1.54. The molecule has 2 amide bonds. The maximum atomic E-state index is 12.9. The molecule has 0 saturated carbocycles. The Morgan fingerprint density at radius 3 is 2.76 bits per heavy atom. The number of aliphatic hydroxyl groups is 1. The smallest absolute Gasteiger partial charge is 0.254 e. The number of benzene rings is 1. The van der Waals surface area contributed by atoms with Crippen molar-refractivity contribution in [2.75, 3.05) is 39.6 Å². The molecule has 134 valence electrons. The molecule has 25 heavy (non-hydrogen) atoms. The number of hydrogen-bond acceptors (Lipinski definition) is 5. The number of nitrogens with zero attached hydrogens (tertiary/aromatic N) is 2. The molecule has 2 saturated heterocycles. The van der Waals surface area contributed by atoms with E-state index in [1.54, 1.807) is 34.9 Å². The molecule has 3 heterocycles. The van der Waals surface area contributed by atoms with Crippen molar-refractivity contribution in [3.63, 3.8) is 0 Å². The van der Waals surface area contributed by atoms with Crippen LogP contribution in [-0.4, -0.2) is 66.3 Å². The molecular formula is C18H22N2O5. The highest BCUT2D eigenvalue weighted by molar-refractivity contribution is 5.95. The van der Waals surface area contributed by atoms with Crippen LogP contribution in [0.5, 0.6) is 11.5 Å². The van der Waals surface area contributed by atoms with Crippen LogP contribution in [0.1, 0.15) is 23.7 Å². The molecule has 1 aromatic carbocycles. The minimum Gasteiger partial charge on any atom is -0.454 e. The fourth-order valence-electron chi connectivity index (χ4n) is 4.24. The molecule has 0 bridgehead atoms. The summed E-state index contributed by atoms with van der Waals surface area (Å²) in [4.78, 5) is 28.2. The van der Waals surface area contributed by atoms with Crippen LogP contribution >= 0.6 is 0 Å². The number of hydrogen-bond donors (Lipinski definition) is 1. The van der Waals surface area contributed by atoms with E-state index in [2.05, 4.69) is 0 Å². The Hall–Kier alpha value is -2.28. The van der Waals surface area contributed by atoms with Gasteiger partial charge in [-0.05, 0) is 30.5 Å². The normalized spacial score (nSPS) is 27.4. The molecule has 1 N–H and O–H groups in total. The maximum Gasteiger partial charge on any atom is 0.254 e. The van der Waals surface area contributed by atoms with E-state index in [0.717, 1.165) is 6.42 Å². The van der Waals surface area contributed by atoms with Crippen molar-refractivity contribution in [2.45, 2.75) is 13.3 Å². The van der Waals surface area contributed by atoms with Crippen molar-refractivity contribution in [2.24, 2.45) is 11.3 Å². The summed E-state index contributed by atoms with van der Waals surface area (Å²) in [6.07, 6.45) is 0.792.